The topological polar surface area (TPSA) is 68.3 Å². The smallest absolute Gasteiger partial charge is 0.137 e. The van der Waals surface area contributed by atoms with Gasteiger partial charge in [0.15, 0.2) is 0 Å². The van der Waals surface area contributed by atoms with Gasteiger partial charge in [-0.15, -0.1) is 0 Å². The van der Waals surface area contributed by atoms with Crippen LogP contribution in [-0.4, -0.2) is 19.3 Å². The lowest BCUT2D eigenvalue weighted by molar-refractivity contribution is 0.0656. The lowest BCUT2D eigenvalue weighted by Gasteiger charge is -2.15. The molecule has 1 atom stereocenters. The van der Waals surface area contributed by atoms with E-state index in [9.17, 15) is 0 Å². The van der Waals surface area contributed by atoms with E-state index < -0.39 is 0 Å². The largest absolute Gasteiger partial charge is 0.487 e. The van der Waals surface area contributed by atoms with Crippen molar-refractivity contribution in [1.29, 1.82) is 5.26 Å². The molecule has 0 saturated carbocycles. The highest BCUT2D eigenvalue weighted by Crippen LogP contribution is 2.21. The van der Waals surface area contributed by atoms with E-state index in [-0.39, 0.29) is 6.10 Å². The molecule has 2 N–H and O–H groups in total. The second-order valence-electron chi connectivity index (χ2n) is 3.46. The second kappa shape index (κ2) is 5.99. The van der Waals surface area contributed by atoms with E-state index in [1.165, 1.54) is 0 Å². The maximum Gasteiger partial charge on any atom is 0.137 e. The zero-order chi connectivity index (χ0) is 12.0. The van der Waals surface area contributed by atoms with Crippen molar-refractivity contribution in [3.63, 3.8) is 0 Å². The first-order chi connectivity index (χ1) is 7.67. The number of nitrogen functional groups attached to an aromatic ring is 1. The van der Waals surface area contributed by atoms with Gasteiger partial charge in [0, 0.05) is 12.3 Å². The van der Waals surface area contributed by atoms with Crippen molar-refractivity contribution in [1.82, 2.24) is 0 Å². The van der Waals surface area contributed by atoms with Crippen LogP contribution in [0, 0.1) is 11.3 Å². The SMILES string of the molecule is CCOCC(C)Oc1ccc(N)cc1C#N. The van der Waals surface area contributed by atoms with Gasteiger partial charge in [-0.05, 0) is 32.0 Å². The summed E-state index contributed by atoms with van der Waals surface area (Å²) >= 11 is 0. The Labute approximate surface area is 95.6 Å². The molecule has 0 heterocycles. The first kappa shape index (κ1) is 12.3. The highest BCUT2D eigenvalue weighted by atomic mass is 16.5. The highest BCUT2D eigenvalue weighted by molar-refractivity contribution is 5.53. The maximum atomic E-state index is 8.92. The summed E-state index contributed by atoms with van der Waals surface area (Å²) in [5, 5.41) is 8.92. The molecule has 0 radical (unpaired) electrons. The molecule has 0 amide bonds. The minimum atomic E-state index is -0.0873. The van der Waals surface area contributed by atoms with Crippen LogP contribution < -0.4 is 10.5 Å². The second-order valence-corrected chi connectivity index (χ2v) is 3.46. The van der Waals surface area contributed by atoms with Crippen LogP contribution in [0.2, 0.25) is 0 Å². The summed E-state index contributed by atoms with van der Waals surface area (Å²) in [4.78, 5) is 0. The molecule has 0 aromatic heterocycles. The Morgan fingerprint density at radius 3 is 2.88 bits per heavy atom. The summed E-state index contributed by atoms with van der Waals surface area (Å²) in [6.07, 6.45) is -0.0873. The summed E-state index contributed by atoms with van der Waals surface area (Å²) in [5.74, 6) is 0.545. The van der Waals surface area contributed by atoms with E-state index in [2.05, 4.69) is 6.07 Å². The Bertz CT molecular complexity index is 385. The summed E-state index contributed by atoms with van der Waals surface area (Å²) < 4.78 is 10.8. The third-order valence-electron chi connectivity index (χ3n) is 2.01. The zero-order valence-corrected chi connectivity index (χ0v) is 9.56. The van der Waals surface area contributed by atoms with Crippen molar-refractivity contribution in [2.75, 3.05) is 18.9 Å². The van der Waals surface area contributed by atoms with Gasteiger partial charge in [0.1, 0.15) is 17.9 Å². The highest BCUT2D eigenvalue weighted by Gasteiger charge is 2.08. The average molecular weight is 220 g/mol. The van der Waals surface area contributed by atoms with Gasteiger partial charge in [-0.3, -0.25) is 0 Å². The lowest BCUT2D eigenvalue weighted by atomic mass is 10.2. The van der Waals surface area contributed by atoms with Crippen LogP contribution in [0.1, 0.15) is 19.4 Å². The summed E-state index contributed by atoms with van der Waals surface area (Å²) in [5.41, 5.74) is 6.59. The van der Waals surface area contributed by atoms with Crippen molar-refractivity contribution in [3.8, 4) is 11.8 Å². The number of benzene rings is 1. The molecule has 1 aromatic rings. The van der Waals surface area contributed by atoms with Gasteiger partial charge < -0.3 is 15.2 Å². The standard InChI is InChI=1S/C12H16N2O2/c1-3-15-8-9(2)16-12-5-4-11(14)6-10(12)7-13/h4-6,9H,3,8,14H2,1-2H3. The van der Waals surface area contributed by atoms with Crippen LogP contribution in [0.5, 0.6) is 5.75 Å². The predicted octanol–water partition coefficient (Wildman–Crippen LogP) is 1.94. The molecule has 16 heavy (non-hydrogen) atoms. The van der Waals surface area contributed by atoms with Gasteiger partial charge in [0.25, 0.3) is 0 Å². The fraction of sp³-hybridized carbons (Fsp3) is 0.417. The molecule has 0 aliphatic carbocycles. The van der Waals surface area contributed by atoms with Crippen molar-refractivity contribution in [2.45, 2.75) is 20.0 Å². The van der Waals surface area contributed by atoms with E-state index in [0.29, 0.717) is 30.2 Å². The number of nitrogens with two attached hydrogens (primary N) is 1. The summed E-state index contributed by atoms with van der Waals surface area (Å²) in [6.45, 7) is 4.98. The van der Waals surface area contributed by atoms with Crippen LogP contribution in [-0.2, 0) is 4.74 Å². The van der Waals surface area contributed by atoms with Gasteiger partial charge in [0.2, 0.25) is 0 Å². The number of rotatable bonds is 5. The van der Waals surface area contributed by atoms with Gasteiger partial charge in [-0.2, -0.15) is 5.26 Å². The van der Waals surface area contributed by atoms with Crippen molar-refractivity contribution < 1.29 is 9.47 Å². The molecule has 1 rings (SSSR count). The average Bonchev–Trinajstić information content (AvgIpc) is 2.28. The Kier molecular flexibility index (Phi) is 4.62. The van der Waals surface area contributed by atoms with E-state index >= 15 is 0 Å². The van der Waals surface area contributed by atoms with Crippen LogP contribution >= 0.6 is 0 Å². The zero-order valence-electron chi connectivity index (χ0n) is 9.56. The monoisotopic (exact) mass is 220 g/mol. The third-order valence-corrected chi connectivity index (χ3v) is 2.01. The molecule has 4 heteroatoms. The third kappa shape index (κ3) is 3.44. The molecule has 0 aliphatic heterocycles. The van der Waals surface area contributed by atoms with Crippen molar-refractivity contribution >= 4 is 5.69 Å². The minimum absolute atomic E-state index is 0.0873. The maximum absolute atomic E-state index is 8.92. The first-order valence-electron chi connectivity index (χ1n) is 5.21. The number of hydrogen-bond acceptors (Lipinski definition) is 4. The molecular formula is C12H16N2O2. The fourth-order valence-corrected chi connectivity index (χ4v) is 1.27. The number of ether oxygens (including phenoxy) is 2. The Balaban J connectivity index is 2.70. The molecular weight excluding hydrogens is 204 g/mol. The first-order valence-corrected chi connectivity index (χ1v) is 5.21. The van der Waals surface area contributed by atoms with Crippen LogP contribution in [0.3, 0.4) is 0 Å². The quantitative estimate of drug-likeness (QED) is 0.770. The number of nitrogens with zero attached hydrogens (tertiary/aromatic N) is 1. The van der Waals surface area contributed by atoms with Gasteiger partial charge in [-0.25, -0.2) is 0 Å². The lowest BCUT2D eigenvalue weighted by Crippen LogP contribution is -2.19. The van der Waals surface area contributed by atoms with E-state index in [1.54, 1.807) is 18.2 Å². The molecule has 0 spiro atoms. The molecule has 1 unspecified atom stereocenters. The molecule has 0 aliphatic rings. The number of nitriles is 1. The molecule has 4 nitrogen and oxygen atoms in total. The Morgan fingerprint density at radius 1 is 1.50 bits per heavy atom. The number of hydrogen-bond donors (Lipinski definition) is 1. The van der Waals surface area contributed by atoms with Crippen molar-refractivity contribution in [3.05, 3.63) is 23.8 Å². The van der Waals surface area contributed by atoms with Gasteiger partial charge in [0.05, 0.1) is 12.2 Å². The van der Waals surface area contributed by atoms with E-state index in [0.717, 1.165) is 0 Å². The summed E-state index contributed by atoms with van der Waals surface area (Å²) in [7, 11) is 0. The Morgan fingerprint density at radius 2 is 2.25 bits per heavy atom. The van der Waals surface area contributed by atoms with Crippen LogP contribution in [0.4, 0.5) is 5.69 Å². The van der Waals surface area contributed by atoms with E-state index in [1.807, 2.05) is 13.8 Å². The van der Waals surface area contributed by atoms with Gasteiger partial charge in [-0.1, -0.05) is 0 Å². The van der Waals surface area contributed by atoms with Gasteiger partial charge >= 0.3 is 0 Å². The van der Waals surface area contributed by atoms with Crippen LogP contribution in [0.15, 0.2) is 18.2 Å². The fourth-order valence-electron chi connectivity index (χ4n) is 1.27. The minimum Gasteiger partial charge on any atom is -0.487 e. The molecule has 0 fully saturated rings. The normalized spacial score (nSPS) is 11.8. The summed E-state index contributed by atoms with van der Waals surface area (Å²) in [6, 6.07) is 7.07. The number of anilines is 1. The molecule has 0 bridgehead atoms. The molecule has 1 aromatic carbocycles. The van der Waals surface area contributed by atoms with E-state index in [4.69, 9.17) is 20.5 Å². The molecule has 86 valence electrons. The van der Waals surface area contributed by atoms with Crippen molar-refractivity contribution in [2.24, 2.45) is 0 Å². The molecule has 0 saturated heterocycles. The predicted molar refractivity (Wildman–Crippen MR) is 62.2 cm³/mol. The van der Waals surface area contributed by atoms with Crippen LogP contribution in [0.25, 0.3) is 0 Å². The Hall–Kier alpha value is -1.73.